The smallest absolute Gasteiger partial charge is 0.122 e. The van der Waals surface area contributed by atoms with Crippen molar-refractivity contribution < 1.29 is 4.74 Å². The number of benzene rings is 1. The lowest BCUT2D eigenvalue weighted by Gasteiger charge is -2.17. The Morgan fingerprint density at radius 1 is 1.41 bits per heavy atom. The van der Waals surface area contributed by atoms with Gasteiger partial charge in [0, 0.05) is 17.6 Å². The molecule has 0 spiro atoms. The van der Waals surface area contributed by atoms with Gasteiger partial charge in [-0.05, 0) is 51.2 Å². The Hall–Kier alpha value is -0.770. The van der Waals surface area contributed by atoms with Gasteiger partial charge in [-0.1, -0.05) is 11.6 Å². The summed E-state index contributed by atoms with van der Waals surface area (Å²) in [7, 11) is 4.04. The van der Waals surface area contributed by atoms with Gasteiger partial charge in [-0.3, -0.25) is 0 Å². The molecule has 0 aliphatic rings. The molecule has 0 aromatic heterocycles. The second-order valence-electron chi connectivity index (χ2n) is 4.57. The van der Waals surface area contributed by atoms with Crippen LogP contribution in [0, 0.1) is 6.92 Å². The average Bonchev–Trinajstić information content (AvgIpc) is 2.20. The number of hydrogen-bond donors (Lipinski definition) is 1. The minimum atomic E-state index is 0.151. The van der Waals surface area contributed by atoms with Crippen LogP contribution in [0.2, 0.25) is 5.02 Å². The Labute approximate surface area is 109 Å². The second kappa shape index (κ2) is 6.84. The monoisotopic (exact) mass is 256 g/mol. The molecular weight excluding hydrogens is 236 g/mol. The summed E-state index contributed by atoms with van der Waals surface area (Å²) in [4.78, 5) is 2.08. The summed E-state index contributed by atoms with van der Waals surface area (Å²) in [5.74, 6) is 0.881. The van der Waals surface area contributed by atoms with E-state index in [-0.39, 0.29) is 6.04 Å². The maximum Gasteiger partial charge on any atom is 0.122 e. The second-order valence-corrected chi connectivity index (χ2v) is 5.01. The first kappa shape index (κ1) is 14.3. The van der Waals surface area contributed by atoms with E-state index in [9.17, 15) is 0 Å². The Bertz CT molecular complexity index is 355. The van der Waals surface area contributed by atoms with Crippen LogP contribution < -0.4 is 10.5 Å². The van der Waals surface area contributed by atoms with Gasteiger partial charge in [-0.25, -0.2) is 0 Å². The van der Waals surface area contributed by atoms with Crippen LogP contribution >= 0.6 is 11.6 Å². The molecule has 0 heterocycles. The van der Waals surface area contributed by atoms with E-state index in [0.717, 1.165) is 29.3 Å². The van der Waals surface area contributed by atoms with E-state index in [0.29, 0.717) is 6.61 Å². The largest absolute Gasteiger partial charge is 0.493 e. The summed E-state index contributed by atoms with van der Waals surface area (Å²) in [6, 6.07) is 5.78. The number of halogens is 1. The summed E-state index contributed by atoms with van der Waals surface area (Å²) in [5.41, 5.74) is 7.01. The highest BCUT2D eigenvalue weighted by atomic mass is 35.5. The third-order valence-corrected chi connectivity index (χ3v) is 2.72. The summed E-state index contributed by atoms with van der Waals surface area (Å²) in [6.45, 7) is 3.50. The molecule has 0 aliphatic carbocycles. The third-order valence-electron chi connectivity index (χ3n) is 2.48. The van der Waals surface area contributed by atoms with Crippen molar-refractivity contribution in [2.24, 2.45) is 5.73 Å². The van der Waals surface area contributed by atoms with Crippen molar-refractivity contribution in [1.82, 2.24) is 4.90 Å². The fourth-order valence-corrected chi connectivity index (χ4v) is 1.88. The molecule has 0 aliphatic heterocycles. The molecule has 0 bridgehead atoms. The molecule has 17 heavy (non-hydrogen) atoms. The van der Waals surface area contributed by atoms with Crippen LogP contribution in [0.4, 0.5) is 0 Å². The zero-order chi connectivity index (χ0) is 12.8. The normalized spacial score (nSPS) is 12.8. The highest BCUT2D eigenvalue weighted by Gasteiger charge is 2.05. The van der Waals surface area contributed by atoms with Crippen molar-refractivity contribution in [3.05, 3.63) is 28.8 Å². The summed E-state index contributed by atoms with van der Waals surface area (Å²) >= 11 is 5.88. The van der Waals surface area contributed by atoms with Crippen LogP contribution in [-0.4, -0.2) is 38.2 Å². The Morgan fingerprint density at radius 3 is 2.71 bits per heavy atom. The van der Waals surface area contributed by atoms with Crippen molar-refractivity contribution in [2.45, 2.75) is 19.4 Å². The first-order valence-electron chi connectivity index (χ1n) is 5.78. The molecule has 1 rings (SSSR count). The Kier molecular flexibility index (Phi) is 5.75. The van der Waals surface area contributed by atoms with Crippen molar-refractivity contribution in [3.8, 4) is 5.75 Å². The molecule has 96 valence electrons. The highest BCUT2D eigenvalue weighted by Crippen LogP contribution is 2.21. The predicted octanol–water partition coefficient (Wildman–Crippen LogP) is 2.31. The van der Waals surface area contributed by atoms with Gasteiger partial charge in [0.05, 0.1) is 6.61 Å². The molecule has 3 nitrogen and oxygen atoms in total. The van der Waals surface area contributed by atoms with Crippen molar-refractivity contribution in [1.29, 1.82) is 0 Å². The number of rotatable bonds is 6. The van der Waals surface area contributed by atoms with Gasteiger partial charge in [-0.2, -0.15) is 0 Å². The fourth-order valence-electron chi connectivity index (χ4n) is 1.66. The summed E-state index contributed by atoms with van der Waals surface area (Å²) in [5, 5.41) is 0.735. The number of nitrogens with zero attached hydrogens (tertiary/aromatic N) is 1. The molecule has 2 N–H and O–H groups in total. The maximum absolute atomic E-state index is 5.96. The molecule has 1 aromatic rings. The summed E-state index contributed by atoms with van der Waals surface area (Å²) in [6.07, 6.45) is 0.847. The lowest BCUT2D eigenvalue weighted by atomic mass is 10.2. The van der Waals surface area contributed by atoms with E-state index in [1.165, 1.54) is 0 Å². The molecule has 0 amide bonds. The first-order valence-corrected chi connectivity index (χ1v) is 6.16. The van der Waals surface area contributed by atoms with Gasteiger partial charge < -0.3 is 15.4 Å². The molecule has 0 fully saturated rings. The van der Waals surface area contributed by atoms with E-state index in [2.05, 4.69) is 4.90 Å². The predicted molar refractivity (Wildman–Crippen MR) is 72.8 cm³/mol. The minimum Gasteiger partial charge on any atom is -0.493 e. The highest BCUT2D eigenvalue weighted by molar-refractivity contribution is 6.30. The van der Waals surface area contributed by atoms with Gasteiger partial charge in [-0.15, -0.1) is 0 Å². The average molecular weight is 257 g/mol. The van der Waals surface area contributed by atoms with Crippen LogP contribution in [0.25, 0.3) is 0 Å². The van der Waals surface area contributed by atoms with Crippen LogP contribution in [-0.2, 0) is 0 Å². The van der Waals surface area contributed by atoms with Crippen molar-refractivity contribution in [2.75, 3.05) is 27.2 Å². The van der Waals surface area contributed by atoms with E-state index in [1.807, 2.05) is 39.2 Å². The molecular formula is C13H21ClN2O. The van der Waals surface area contributed by atoms with Crippen LogP contribution in [0.1, 0.15) is 12.0 Å². The summed E-state index contributed by atoms with van der Waals surface area (Å²) < 4.78 is 5.69. The molecule has 1 unspecified atom stereocenters. The van der Waals surface area contributed by atoms with E-state index in [1.54, 1.807) is 0 Å². The molecule has 0 saturated carbocycles. The SMILES string of the molecule is Cc1cc(Cl)ccc1OCCC(N)CN(C)C. The Balaban J connectivity index is 2.35. The standard InChI is InChI=1S/C13H21ClN2O/c1-10-8-11(14)4-5-13(10)17-7-6-12(15)9-16(2)3/h4-5,8,12H,6-7,9,15H2,1-3H3. The molecule has 1 aromatic carbocycles. The first-order chi connectivity index (χ1) is 7.99. The van der Waals surface area contributed by atoms with Crippen LogP contribution in [0.15, 0.2) is 18.2 Å². The number of hydrogen-bond acceptors (Lipinski definition) is 3. The molecule has 1 atom stereocenters. The van der Waals surface area contributed by atoms with E-state index in [4.69, 9.17) is 22.1 Å². The number of nitrogens with two attached hydrogens (primary N) is 1. The van der Waals surface area contributed by atoms with Gasteiger partial charge in [0.25, 0.3) is 0 Å². The van der Waals surface area contributed by atoms with Crippen LogP contribution in [0.3, 0.4) is 0 Å². The Morgan fingerprint density at radius 2 is 2.12 bits per heavy atom. The van der Waals surface area contributed by atoms with E-state index >= 15 is 0 Å². The fraction of sp³-hybridized carbons (Fsp3) is 0.538. The topological polar surface area (TPSA) is 38.5 Å². The van der Waals surface area contributed by atoms with Gasteiger partial charge >= 0.3 is 0 Å². The number of ether oxygens (including phenoxy) is 1. The number of likely N-dealkylation sites (N-methyl/N-ethyl adjacent to an activating group) is 1. The minimum absolute atomic E-state index is 0.151. The van der Waals surface area contributed by atoms with Crippen molar-refractivity contribution in [3.63, 3.8) is 0 Å². The van der Waals surface area contributed by atoms with Gasteiger partial charge in [0.15, 0.2) is 0 Å². The molecule has 0 saturated heterocycles. The van der Waals surface area contributed by atoms with Gasteiger partial charge in [0.2, 0.25) is 0 Å². The molecule has 0 radical (unpaired) electrons. The lowest BCUT2D eigenvalue weighted by Crippen LogP contribution is -2.34. The molecule has 4 heteroatoms. The van der Waals surface area contributed by atoms with E-state index < -0.39 is 0 Å². The van der Waals surface area contributed by atoms with Crippen LogP contribution in [0.5, 0.6) is 5.75 Å². The van der Waals surface area contributed by atoms with Gasteiger partial charge in [0.1, 0.15) is 5.75 Å². The number of aryl methyl sites for hydroxylation is 1. The third kappa shape index (κ3) is 5.39. The maximum atomic E-state index is 5.96. The zero-order valence-electron chi connectivity index (χ0n) is 10.7. The van der Waals surface area contributed by atoms with Crippen molar-refractivity contribution >= 4 is 11.6 Å². The lowest BCUT2D eigenvalue weighted by molar-refractivity contribution is 0.275. The zero-order valence-corrected chi connectivity index (χ0v) is 11.5. The quantitative estimate of drug-likeness (QED) is 0.849.